The van der Waals surface area contributed by atoms with E-state index in [1.165, 1.54) is 0 Å². The molecule has 0 unspecified atom stereocenters. The van der Waals surface area contributed by atoms with Gasteiger partial charge in [-0.2, -0.15) is 0 Å². The maximum Gasteiger partial charge on any atom is 0.149 e. The molecule has 2 rings (SSSR count). The smallest absolute Gasteiger partial charge is 0.149 e. The van der Waals surface area contributed by atoms with Crippen molar-refractivity contribution in [3.05, 3.63) is 35.3 Å². The minimum absolute atomic E-state index is 0.776. The lowest BCUT2D eigenvalue weighted by Crippen LogP contribution is -1.92. The van der Waals surface area contributed by atoms with Gasteiger partial charge in [-0.05, 0) is 12.1 Å². The second-order valence-corrected chi connectivity index (χ2v) is 3.82. The Morgan fingerprint density at radius 3 is 2.86 bits per heavy atom. The largest absolute Gasteiger partial charge is 0.338 e. The fourth-order valence-corrected chi connectivity index (χ4v) is 1.42. The predicted octanol–water partition coefficient (Wildman–Crippen LogP) is 2.32. The minimum atomic E-state index is 0.776. The zero-order valence-electron chi connectivity index (χ0n) is 7.61. The third kappa shape index (κ3) is 2.11. The first kappa shape index (κ1) is 9.21. The van der Waals surface area contributed by atoms with E-state index < -0.39 is 0 Å². The molecule has 0 bridgehead atoms. The zero-order valence-corrected chi connectivity index (χ0v) is 9.19. The van der Waals surface area contributed by atoms with Crippen molar-refractivity contribution in [2.75, 3.05) is 5.32 Å². The lowest BCUT2D eigenvalue weighted by molar-refractivity contribution is 0.913. The normalized spacial score (nSPS) is 10.1. The van der Waals surface area contributed by atoms with Crippen LogP contribution < -0.4 is 5.32 Å². The Bertz CT molecular complexity index is 438. The van der Waals surface area contributed by atoms with E-state index in [-0.39, 0.29) is 0 Å². The van der Waals surface area contributed by atoms with Gasteiger partial charge in [0.15, 0.2) is 0 Å². The molecule has 0 atom stereocenters. The summed E-state index contributed by atoms with van der Waals surface area (Å²) in [4.78, 5) is 8.29. The van der Waals surface area contributed by atoms with Crippen molar-refractivity contribution < 1.29 is 0 Å². The van der Waals surface area contributed by atoms with Gasteiger partial charge in [-0.15, -0.1) is 0 Å². The summed E-state index contributed by atoms with van der Waals surface area (Å²) in [7, 11) is 1.92. The predicted molar refractivity (Wildman–Crippen MR) is 58.4 cm³/mol. The number of imidazole rings is 1. The van der Waals surface area contributed by atoms with Crippen LogP contribution in [0.15, 0.2) is 35.3 Å². The summed E-state index contributed by atoms with van der Waals surface area (Å²) >= 11 is 3.38. The monoisotopic (exact) mass is 252 g/mol. The molecule has 0 saturated heterocycles. The van der Waals surface area contributed by atoms with E-state index in [0.29, 0.717) is 0 Å². The van der Waals surface area contributed by atoms with Gasteiger partial charge in [0.25, 0.3) is 0 Å². The van der Waals surface area contributed by atoms with E-state index in [2.05, 4.69) is 31.2 Å². The summed E-state index contributed by atoms with van der Waals surface area (Å²) in [5.41, 5.74) is 0. The summed E-state index contributed by atoms with van der Waals surface area (Å²) < 4.78 is 2.87. The van der Waals surface area contributed by atoms with Crippen LogP contribution in [-0.2, 0) is 7.05 Å². The number of aryl methyl sites for hydroxylation is 1. The first-order valence-electron chi connectivity index (χ1n) is 4.10. The van der Waals surface area contributed by atoms with Crippen molar-refractivity contribution in [1.29, 1.82) is 0 Å². The Balaban J connectivity index is 2.18. The Morgan fingerprint density at radius 2 is 2.21 bits per heavy atom. The molecule has 0 aliphatic heterocycles. The molecule has 0 aromatic carbocycles. The molecular weight excluding hydrogens is 244 g/mol. The van der Waals surface area contributed by atoms with E-state index in [9.17, 15) is 0 Å². The van der Waals surface area contributed by atoms with Crippen LogP contribution in [0.3, 0.4) is 0 Å². The number of hydrogen-bond donors (Lipinski definition) is 1. The number of pyridine rings is 1. The second kappa shape index (κ2) is 3.79. The molecule has 0 aliphatic rings. The lowest BCUT2D eigenvalue weighted by atomic mass is 10.4. The van der Waals surface area contributed by atoms with E-state index in [4.69, 9.17) is 0 Å². The Hall–Kier alpha value is -1.36. The Kier molecular flexibility index (Phi) is 2.49. The summed E-state index contributed by atoms with van der Waals surface area (Å²) in [5, 5.41) is 3.09. The molecule has 2 aromatic heterocycles. The van der Waals surface area contributed by atoms with Crippen LogP contribution in [-0.4, -0.2) is 14.5 Å². The molecule has 1 N–H and O–H groups in total. The highest BCUT2D eigenvalue weighted by Gasteiger charge is 1.98. The number of nitrogens with zero attached hydrogens (tertiary/aromatic N) is 3. The van der Waals surface area contributed by atoms with Crippen LogP contribution in [0.5, 0.6) is 0 Å². The molecule has 4 nitrogen and oxygen atoms in total. The molecule has 0 fully saturated rings. The van der Waals surface area contributed by atoms with Crippen molar-refractivity contribution in [1.82, 2.24) is 14.5 Å². The van der Waals surface area contributed by atoms with Gasteiger partial charge < -0.3 is 9.88 Å². The molecule has 0 aliphatic carbocycles. The number of rotatable bonds is 2. The van der Waals surface area contributed by atoms with Gasteiger partial charge in [-0.25, -0.2) is 9.97 Å². The number of halogens is 1. The van der Waals surface area contributed by atoms with Crippen LogP contribution in [0.2, 0.25) is 0 Å². The molecule has 0 radical (unpaired) electrons. The third-order valence-electron chi connectivity index (χ3n) is 1.68. The highest BCUT2D eigenvalue weighted by atomic mass is 79.9. The maximum absolute atomic E-state index is 4.15. The van der Waals surface area contributed by atoms with Crippen LogP contribution in [0.1, 0.15) is 0 Å². The molecule has 5 heteroatoms. The first-order valence-corrected chi connectivity index (χ1v) is 4.90. The van der Waals surface area contributed by atoms with Crippen molar-refractivity contribution in [3.8, 4) is 0 Å². The number of anilines is 2. The van der Waals surface area contributed by atoms with Crippen molar-refractivity contribution in [2.24, 2.45) is 7.05 Å². The fourth-order valence-electron chi connectivity index (χ4n) is 1.08. The Morgan fingerprint density at radius 1 is 1.36 bits per heavy atom. The highest BCUT2D eigenvalue weighted by molar-refractivity contribution is 9.10. The van der Waals surface area contributed by atoms with Crippen LogP contribution in [0, 0.1) is 0 Å². The van der Waals surface area contributed by atoms with Gasteiger partial charge in [0.1, 0.15) is 11.6 Å². The topological polar surface area (TPSA) is 42.7 Å². The van der Waals surface area contributed by atoms with Crippen LogP contribution >= 0.6 is 15.9 Å². The second-order valence-electron chi connectivity index (χ2n) is 2.91. The molecule has 0 spiro atoms. The summed E-state index contributed by atoms with van der Waals surface area (Å²) in [6.07, 6.45) is 5.36. The first-order chi connectivity index (χ1) is 6.74. The molecule has 0 saturated carbocycles. The molecule has 72 valence electrons. The van der Waals surface area contributed by atoms with Crippen LogP contribution in [0.25, 0.3) is 0 Å². The lowest BCUT2D eigenvalue weighted by Gasteiger charge is -2.00. The number of aromatic nitrogens is 3. The van der Waals surface area contributed by atoms with Crippen molar-refractivity contribution >= 4 is 27.6 Å². The van der Waals surface area contributed by atoms with Gasteiger partial charge in [-0.3, -0.25) is 0 Å². The third-order valence-corrected chi connectivity index (χ3v) is 2.18. The maximum atomic E-state index is 4.15. The van der Waals surface area contributed by atoms with Gasteiger partial charge in [-0.1, -0.05) is 15.9 Å². The van der Waals surface area contributed by atoms with Gasteiger partial charge in [0, 0.05) is 23.9 Å². The summed E-state index contributed by atoms with van der Waals surface area (Å²) in [6, 6.07) is 3.78. The molecule has 14 heavy (non-hydrogen) atoms. The minimum Gasteiger partial charge on any atom is -0.338 e. The molecular formula is C9H9BrN4. The van der Waals surface area contributed by atoms with E-state index in [1.54, 1.807) is 12.5 Å². The molecule has 0 amide bonds. The average molecular weight is 253 g/mol. The van der Waals surface area contributed by atoms with Crippen molar-refractivity contribution in [2.45, 2.75) is 0 Å². The summed E-state index contributed by atoms with van der Waals surface area (Å²) in [6.45, 7) is 0. The molecule has 2 aromatic rings. The Labute approximate surface area is 90.1 Å². The standard InChI is InChI=1S/C9H9BrN4/c1-14-5-9(12-6-14)13-8-4-7(10)2-3-11-8/h2-6H,1H3,(H,11,13). The van der Waals surface area contributed by atoms with Crippen LogP contribution in [0.4, 0.5) is 11.6 Å². The average Bonchev–Trinajstić information content (AvgIpc) is 2.51. The quantitative estimate of drug-likeness (QED) is 0.893. The van der Waals surface area contributed by atoms with Crippen molar-refractivity contribution in [3.63, 3.8) is 0 Å². The summed E-state index contributed by atoms with van der Waals surface area (Å²) in [5.74, 6) is 1.57. The number of hydrogen-bond acceptors (Lipinski definition) is 3. The van der Waals surface area contributed by atoms with Gasteiger partial charge in [0.05, 0.1) is 6.33 Å². The SMILES string of the molecule is Cn1cnc(Nc2cc(Br)ccn2)c1. The van der Waals surface area contributed by atoms with Gasteiger partial charge in [0.2, 0.25) is 0 Å². The highest BCUT2D eigenvalue weighted by Crippen LogP contribution is 2.16. The van der Waals surface area contributed by atoms with E-state index in [0.717, 1.165) is 16.1 Å². The zero-order chi connectivity index (χ0) is 9.97. The molecule has 2 heterocycles. The number of nitrogens with one attached hydrogen (secondary N) is 1. The fraction of sp³-hybridized carbons (Fsp3) is 0.111. The van der Waals surface area contributed by atoms with E-state index >= 15 is 0 Å². The van der Waals surface area contributed by atoms with Gasteiger partial charge >= 0.3 is 0 Å². The van der Waals surface area contributed by atoms with E-state index in [1.807, 2.05) is 29.9 Å².